The van der Waals surface area contributed by atoms with Gasteiger partial charge in [0.05, 0.1) is 0 Å². The van der Waals surface area contributed by atoms with Gasteiger partial charge in [-0.25, -0.2) is 0 Å². The molecule has 0 saturated heterocycles. The molecule has 1 heterocycles. The number of methoxy groups -OCH3 is 1. The van der Waals surface area contributed by atoms with Crippen LogP contribution in [0.1, 0.15) is 48.6 Å². The minimum atomic E-state index is -0.212. The average Bonchev–Trinajstić information content (AvgIpc) is 3.14. The van der Waals surface area contributed by atoms with E-state index in [1.807, 2.05) is 24.3 Å². The largest absolute Gasteiger partial charge is 0.468 e. The number of carbonyl (C=O) groups excluding carboxylic acids is 1. The molecule has 1 aliphatic carbocycles. The Morgan fingerprint density at radius 1 is 1.23 bits per heavy atom. The van der Waals surface area contributed by atoms with Gasteiger partial charge >= 0.3 is 0 Å². The number of rotatable bonds is 7. The molecule has 26 heavy (non-hydrogen) atoms. The van der Waals surface area contributed by atoms with Gasteiger partial charge in [-0.05, 0) is 36.6 Å². The van der Waals surface area contributed by atoms with E-state index >= 15 is 0 Å². The topological polar surface area (TPSA) is 73.3 Å². The molecular formula is C19H23N3O3S. The predicted molar refractivity (Wildman–Crippen MR) is 102 cm³/mol. The number of ether oxygens (including phenoxy) is 2. The molecule has 0 bridgehead atoms. The molecule has 1 aromatic carbocycles. The smallest absolute Gasteiger partial charge is 0.250 e. The summed E-state index contributed by atoms with van der Waals surface area (Å²) >= 11 is 1.48. The van der Waals surface area contributed by atoms with Gasteiger partial charge in [0.25, 0.3) is 0 Å². The lowest BCUT2D eigenvalue weighted by molar-refractivity contribution is -0.111. The molecule has 0 radical (unpaired) electrons. The van der Waals surface area contributed by atoms with E-state index in [1.165, 1.54) is 49.5 Å². The highest BCUT2D eigenvalue weighted by Gasteiger charge is 2.19. The predicted octanol–water partition coefficient (Wildman–Crippen LogP) is 4.22. The second-order valence-corrected chi connectivity index (χ2v) is 7.23. The van der Waals surface area contributed by atoms with Crippen molar-refractivity contribution in [2.75, 3.05) is 19.2 Å². The number of carbonyl (C=O) groups is 1. The van der Waals surface area contributed by atoms with Crippen LogP contribution in [0.2, 0.25) is 0 Å². The van der Waals surface area contributed by atoms with Gasteiger partial charge in [0.1, 0.15) is 10.8 Å². The molecule has 0 unspecified atom stereocenters. The van der Waals surface area contributed by atoms with Crippen LogP contribution in [0, 0.1) is 0 Å². The number of benzene rings is 1. The summed E-state index contributed by atoms with van der Waals surface area (Å²) in [5.41, 5.74) is 0.907. The first-order chi connectivity index (χ1) is 12.7. The number of hydrogen-bond donors (Lipinski definition) is 1. The zero-order valence-corrected chi connectivity index (χ0v) is 15.6. The Bertz CT molecular complexity index is 737. The van der Waals surface area contributed by atoms with Crippen LogP contribution in [0.3, 0.4) is 0 Å². The monoisotopic (exact) mass is 373 g/mol. The van der Waals surface area contributed by atoms with Crippen molar-refractivity contribution in [2.45, 2.75) is 38.0 Å². The summed E-state index contributed by atoms with van der Waals surface area (Å²) in [6.07, 6.45) is 9.40. The van der Waals surface area contributed by atoms with Crippen LogP contribution in [-0.4, -0.2) is 30.0 Å². The lowest BCUT2D eigenvalue weighted by Gasteiger charge is -2.18. The molecule has 1 saturated carbocycles. The van der Waals surface area contributed by atoms with E-state index in [-0.39, 0.29) is 12.7 Å². The van der Waals surface area contributed by atoms with Gasteiger partial charge in [0, 0.05) is 19.1 Å². The van der Waals surface area contributed by atoms with Gasteiger partial charge in [-0.15, -0.1) is 10.2 Å². The van der Waals surface area contributed by atoms with E-state index in [0.717, 1.165) is 16.3 Å². The molecule has 1 aliphatic rings. The second kappa shape index (κ2) is 9.45. The quantitative estimate of drug-likeness (QED) is 0.581. The van der Waals surface area contributed by atoms with Crippen molar-refractivity contribution < 1.29 is 14.3 Å². The highest BCUT2D eigenvalue weighted by molar-refractivity contribution is 7.15. The molecule has 0 aliphatic heterocycles. The van der Waals surface area contributed by atoms with Crippen molar-refractivity contribution in [1.29, 1.82) is 0 Å². The van der Waals surface area contributed by atoms with Gasteiger partial charge < -0.3 is 9.47 Å². The van der Waals surface area contributed by atoms with Crippen LogP contribution in [0.5, 0.6) is 5.75 Å². The first kappa shape index (κ1) is 18.5. The third-order valence-electron chi connectivity index (χ3n) is 4.28. The molecule has 0 atom stereocenters. The Labute approximate surface area is 157 Å². The maximum atomic E-state index is 12.1. The highest BCUT2D eigenvalue weighted by atomic mass is 32.1. The van der Waals surface area contributed by atoms with Crippen LogP contribution in [-0.2, 0) is 9.53 Å². The minimum Gasteiger partial charge on any atom is -0.468 e. The summed E-state index contributed by atoms with van der Waals surface area (Å²) in [6, 6.07) is 7.41. The van der Waals surface area contributed by atoms with Gasteiger partial charge in [-0.2, -0.15) is 0 Å². The summed E-state index contributed by atoms with van der Waals surface area (Å²) in [5, 5.41) is 12.7. The molecule has 1 amide bonds. The third-order valence-corrected chi connectivity index (χ3v) is 5.28. The van der Waals surface area contributed by atoms with Crippen LogP contribution >= 0.6 is 11.3 Å². The Morgan fingerprint density at radius 2 is 2.00 bits per heavy atom. The summed E-state index contributed by atoms with van der Waals surface area (Å²) in [7, 11) is 1.58. The number of nitrogens with one attached hydrogen (secondary N) is 1. The molecule has 1 N–H and O–H groups in total. The molecule has 2 aromatic rings. The minimum absolute atomic E-state index is 0.211. The van der Waals surface area contributed by atoms with Crippen LogP contribution < -0.4 is 10.1 Å². The molecule has 138 valence electrons. The van der Waals surface area contributed by atoms with E-state index in [0.29, 0.717) is 11.0 Å². The lowest BCUT2D eigenvalue weighted by atomic mass is 9.90. The molecule has 6 nitrogen and oxygen atoms in total. The number of amides is 1. The third kappa shape index (κ3) is 5.37. The molecule has 1 aromatic heterocycles. The van der Waals surface area contributed by atoms with E-state index in [1.54, 1.807) is 13.2 Å². The van der Waals surface area contributed by atoms with Crippen molar-refractivity contribution in [3.8, 4) is 5.75 Å². The Kier molecular flexibility index (Phi) is 6.74. The lowest BCUT2D eigenvalue weighted by Crippen LogP contribution is -2.07. The summed E-state index contributed by atoms with van der Waals surface area (Å²) in [6.45, 7) is 0.211. The fourth-order valence-corrected chi connectivity index (χ4v) is 3.84. The maximum Gasteiger partial charge on any atom is 0.250 e. The van der Waals surface area contributed by atoms with Crippen molar-refractivity contribution in [1.82, 2.24) is 10.2 Å². The molecule has 1 fully saturated rings. The molecule has 7 heteroatoms. The fraction of sp³-hybridized carbons (Fsp3) is 0.421. The zero-order valence-electron chi connectivity index (χ0n) is 14.8. The van der Waals surface area contributed by atoms with Crippen LogP contribution in [0.4, 0.5) is 5.13 Å². The van der Waals surface area contributed by atoms with Crippen molar-refractivity contribution in [3.63, 3.8) is 0 Å². The van der Waals surface area contributed by atoms with Gasteiger partial charge in [0.15, 0.2) is 6.79 Å². The second-order valence-electron chi connectivity index (χ2n) is 6.22. The van der Waals surface area contributed by atoms with E-state index in [4.69, 9.17) is 9.47 Å². The first-order valence-electron chi connectivity index (χ1n) is 8.79. The zero-order chi connectivity index (χ0) is 18.2. The normalized spacial score (nSPS) is 15.3. The highest BCUT2D eigenvalue weighted by Crippen LogP contribution is 2.35. The van der Waals surface area contributed by atoms with Crippen LogP contribution in [0.15, 0.2) is 30.3 Å². The SMILES string of the molecule is COCOc1ccc(/C=C/C(=O)Nc2nnc(C3CCCCC3)s2)cc1. The number of anilines is 1. The van der Waals surface area contributed by atoms with Gasteiger partial charge in [-0.1, -0.05) is 42.7 Å². The van der Waals surface area contributed by atoms with Crippen molar-refractivity contribution >= 4 is 28.5 Å². The van der Waals surface area contributed by atoms with Gasteiger partial charge in [0.2, 0.25) is 11.0 Å². The summed E-state index contributed by atoms with van der Waals surface area (Å²) in [5.74, 6) is 1.01. The van der Waals surface area contributed by atoms with Gasteiger partial charge in [-0.3, -0.25) is 10.1 Å². The number of hydrogen-bond acceptors (Lipinski definition) is 6. The Hall–Kier alpha value is -2.25. The number of nitrogens with zero attached hydrogens (tertiary/aromatic N) is 2. The van der Waals surface area contributed by atoms with E-state index < -0.39 is 0 Å². The number of aromatic nitrogens is 2. The fourth-order valence-electron chi connectivity index (χ4n) is 2.92. The van der Waals surface area contributed by atoms with Crippen molar-refractivity contribution in [3.05, 3.63) is 40.9 Å². The summed E-state index contributed by atoms with van der Waals surface area (Å²) in [4.78, 5) is 12.1. The molecule has 0 spiro atoms. The molecule has 3 rings (SSSR count). The van der Waals surface area contributed by atoms with Crippen LogP contribution in [0.25, 0.3) is 6.08 Å². The van der Waals surface area contributed by atoms with Crippen molar-refractivity contribution in [2.24, 2.45) is 0 Å². The Balaban J connectivity index is 1.51. The Morgan fingerprint density at radius 3 is 2.73 bits per heavy atom. The summed E-state index contributed by atoms with van der Waals surface area (Å²) < 4.78 is 10.2. The van der Waals surface area contributed by atoms with E-state index in [9.17, 15) is 4.79 Å². The first-order valence-corrected chi connectivity index (χ1v) is 9.60. The average molecular weight is 373 g/mol. The molecular weight excluding hydrogens is 350 g/mol. The van der Waals surface area contributed by atoms with E-state index in [2.05, 4.69) is 15.5 Å². The maximum absolute atomic E-state index is 12.1. The standard InChI is InChI=1S/C19H23N3O3S/c1-24-13-25-16-10-7-14(8-11-16)9-12-17(23)20-19-22-21-18(26-19)15-5-3-2-4-6-15/h7-12,15H,2-6,13H2,1H3,(H,20,22,23)/b12-9+.